The molecular formula is C13H20N4O. The van der Waals surface area contributed by atoms with Gasteiger partial charge in [0.2, 0.25) is 0 Å². The summed E-state index contributed by atoms with van der Waals surface area (Å²) in [5, 5.41) is 0. The Bertz CT molecular complexity index is 416. The van der Waals surface area contributed by atoms with Crippen LogP contribution in [-0.2, 0) is 0 Å². The molecule has 1 aliphatic heterocycles. The zero-order chi connectivity index (χ0) is 13.1. The number of rotatable bonds is 2. The van der Waals surface area contributed by atoms with Gasteiger partial charge in [0.1, 0.15) is 5.82 Å². The van der Waals surface area contributed by atoms with Gasteiger partial charge < -0.3 is 15.5 Å². The monoisotopic (exact) mass is 248 g/mol. The number of amides is 1. The Hall–Kier alpha value is -1.62. The molecular weight excluding hydrogens is 228 g/mol. The summed E-state index contributed by atoms with van der Waals surface area (Å²) in [5.41, 5.74) is 6.52. The maximum atomic E-state index is 12.2. The molecule has 0 aromatic carbocycles. The Balaban J connectivity index is 2.08. The van der Waals surface area contributed by atoms with Crippen molar-refractivity contribution in [3.05, 3.63) is 23.9 Å². The van der Waals surface area contributed by atoms with Crippen LogP contribution in [0.5, 0.6) is 0 Å². The fourth-order valence-corrected chi connectivity index (χ4v) is 2.15. The molecule has 5 nitrogen and oxygen atoms in total. The van der Waals surface area contributed by atoms with Gasteiger partial charge in [-0.3, -0.25) is 4.79 Å². The third-order valence-electron chi connectivity index (χ3n) is 3.20. The van der Waals surface area contributed by atoms with Crippen molar-refractivity contribution in [1.29, 1.82) is 0 Å². The van der Waals surface area contributed by atoms with Crippen molar-refractivity contribution in [1.82, 2.24) is 9.88 Å². The first kappa shape index (κ1) is 12.8. The Morgan fingerprint density at radius 2 is 2.28 bits per heavy atom. The summed E-state index contributed by atoms with van der Waals surface area (Å²) >= 11 is 0. The normalized spacial score (nSPS) is 19.7. The summed E-state index contributed by atoms with van der Waals surface area (Å²) in [7, 11) is 3.85. The fraction of sp³-hybridized carbons (Fsp3) is 0.538. The molecule has 1 atom stereocenters. The number of nitrogens with zero attached hydrogens (tertiary/aromatic N) is 3. The minimum absolute atomic E-state index is 0.0305. The van der Waals surface area contributed by atoms with Gasteiger partial charge in [-0.15, -0.1) is 0 Å². The molecule has 1 fully saturated rings. The van der Waals surface area contributed by atoms with Gasteiger partial charge in [0, 0.05) is 39.4 Å². The number of carbonyl (C=O) groups excluding carboxylic acids is 1. The Kier molecular flexibility index (Phi) is 3.81. The van der Waals surface area contributed by atoms with E-state index in [1.807, 2.05) is 36.0 Å². The lowest BCUT2D eigenvalue weighted by Crippen LogP contribution is -2.45. The fourth-order valence-electron chi connectivity index (χ4n) is 2.15. The highest BCUT2D eigenvalue weighted by Gasteiger charge is 2.22. The first-order valence-corrected chi connectivity index (χ1v) is 6.26. The van der Waals surface area contributed by atoms with Crippen molar-refractivity contribution < 1.29 is 4.79 Å². The van der Waals surface area contributed by atoms with Gasteiger partial charge in [-0.2, -0.15) is 0 Å². The van der Waals surface area contributed by atoms with E-state index in [1.54, 1.807) is 6.20 Å². The standard InChI is InChI=1S/C13H20N4O/c1-16(2)12-6-5-10(8-15-12)13(18)17-7-3-4-11(14)9-17/h5-6,8,11H,3-4,7,9,14H2,1-2H3/t11-/m1/s1. The molecule has 2 N–H and O–H groups in total. The smallest absolute Gasteiger partial charge is 0.255 e. The Morgan fingerprint density at radius 3 is 2.83 bits per heavy atom. The number of aromatic nitrogens is 1. The van der Waals surface area contributed by atoms with Crippen molar-refractivity contribution >= 4 is 11.7 Å². The number of likely N-dealkylation sites (tertiary alicyclic amines) is 1. The predicted molar refractivity (Wildman–Crippen MR) is 71.7 cm³/mol. The second-order valence-corrected chi connectivity index (χ2v) is 4.95. The molecule has 5 heteroatoms. The van der Waals surface area contributed by atoms with E-state index in [0.717, 1.165) is 25.2 Å². The molecule has 2 heterocycles. The number of hydrogen-bond donors (Lipinski definition) is 1. The Morgan fingerprint density at radius 1 is 1.50 bits per heavy atom. The maximum Gasteiger partial charge on any atom is 0.255 e. The summed E-state index contributed by atoms with van der Waals surface area (Å²) in [5.74, 6) is 0.879. The van der Waals surface area contributed by atoms with Gasteiger partial charge in [0.25, 0.3) is 5.91 Å². The number of hydrogen-bond acceptors (Lipinski definition) is 4. The number of pyridine rings is 1. The van der Waals surface area contributed by atoms with Crippen LogP contribution in [0.3, 0.4) is 0 Å². The number of carbonyl (C=O) groups is 1. The van der Waals surface area contributed by atoms with E-state index in [2.05, 4.69) is 4.98 Å². The number of anilines is 1. The maximum absolute atomic E-state index is 12.2. The van der Waals surface area contributed by atoms with Crippen LogP contribution < -0.4 is 10.6 Å². The highest BCUT2D eigenvalue weighted by atomic mass is 16.2. The Labute approximate surface area is 108 Å². The molecule has 0 unspecified atom stereocenters. The number of nitrogens with two attached hydrogens (primary N) is 1. The molecule has 0 aliphatic carbocycles. The molecule has 1 aromatic heterocycles. The first-order chi connectivity index (χ1) is 8.58. The van der Waals surface area contributed by atoms with Gasteiger partial charge in [-0.05, 0) is 25.0 Å². The largest absolute Gasteiger partial charge is 0.363 e. The van der Waals surface area contributed by atoms with E-state index >= 15 is 0 Å². The molecule has 1 aromatic rings. The molecule has 98 valence electrons. The zero-order valence-corrected chi connectivity index (χ0v) is 11.0. The molecule has 1 saturated heterocycles. The average Bonchev–Trinajstić information content (AvgIpc) is 2.38. The van der Waals surface area contributed by atoms with Crippen LogP contribution in [0, 0.1) is 0 Å². The molecule has 2 rings (SSSR count). The zero-order valence-electron chi connectivity index (χ0n) is 11.0. The summed E-state index contributed by atoms with van der Waals surface area (Å²) < 4.78 is 0. The lowest BCUT2D eigenvalue weighted by atomic mass is 10.1. The van der Waals surface area contributed by atoms with E-state index in [9.17, 15) is 4.79 Å². The van der Waals surface area contributed by atoms with Crippen molar-refractivity contribution in [3.8, 4) is 0 Å². The lowest BCUT2D eigenvalue weighted by molar-refractivity contribution is 0.0708. The van der Waals surface area contributed by atoms with Crippen molar-refractivity contribution in [2.24, 2.45) is 5.73 Å². The van der Waals surface area contributed by atoms with Gasteiger partial charge in [-0.25, -0.2) is 4.98 Å². The lowest BCUT2D eigenvalue weighted by Gasteiger charge is -2.30. The van der Waals surface area contributed by atoms with Crippen molar-refractivity contribution in [3.63, 3.8) is 0 Å². The summed E-state index contributed by atoms with van der Waals surface area (Å²) in [6.45, 7) is 1.44. The molecule has 0 saturated carbocycles. The molecule has 0 bridgehead atoms. The van der Waals surface area contributed by atoms with Crippen molar-refractivity contribution in [2.45, 2.75) is 18.9 Å². The second-order valence-electron chi connectivity index (χ2n) is 4.95. The molecule has 1 aliphatic rings. The van der Waals surface area contributed by atoms with Crippen LogP contribution in [-0.4, -0.2) is 49.0 Å². The van der Waals surface area contributed by atoms with E-state index in [0.29, 0.717) is 12.1 Å². The summed E-state index contributed by atoms with van der Waals surface area (Å²) in [6.07, 6.45) is 3.62. The van der Waals surface area contributed by atoms with Crippen LogP contribution in [0.2, 0.25) is 0 Å². The average molecular weight is 248 g/mol. The van der Waals surface area contributed by atoms with E-state index < -0.39 is 0 Å². The third kappa shape index (κ3) is 2.79. The minimum Gasteiger partial charge on any atom is -0.363 e. The first-order valence-electron chi connectivity index (χ1n) is 6.26. The predicted octanol–water partition coefficient (Wildman–Crippen LogP) is 0.711. The topological polar surface area (TPSA) is 62.5 Å². The molecule has 18 heavy (non-hydrogen) atoms. The summed E-state index contributed by atoms with van der Waals surface area (Å²) in [4.78, 5) is 20.2. The quantitative estimate of drug-likeness (QED) is 0.837. The van der Waals surface area contributed by atoms with E-state index in [1.165, 1.54) is 0 Å². The SMILES string of the molecule is CN(C)c1ccc(C(=O)N2CCC[C@@H](N)C2)cn1. The second kappa shape index (κ2) is 5.35. The molecule has 1 amide bonds. The van der Waals surface area contributed by atoms with E-state index in [-0.39, 0.29) is 11.9 Å². The van der Waals surface area contributed by atoms with Gasteiger partial charge in [-0.1, -0.05) is 0 Å². The molecule has 0 spiro atoms. The van der Waals surface area contributed by atoms with Crippen LogP contribution >= 0.6 is 0 Å². The van der Waals surface area contributed by atoms with Gasteiger partial charge in [0.15, 0.2) is 0 Å². The van der Waals surface area contributed by atoms with Crippen LogP contribution in [0.15, 0.2) is 18.3 Å². The third-order valence-corrected chi connectivity index (χ3v) is 3.20. The van der Waals surface area contributed by atoms with Gasteiger partial charge in [0.05, 0.1) is 5.56 Å². The van der Waals surface area contributed by atoms with Crippen molar-refractivity contribution in [2.75, 3.05) is 32.1 Å². The minimum atomic E-state index is 0.0305. The highest BCUT2D eigenvalue weighted by molar-refractivity contribution is 5.94. The van der Waals surface area contributed by atoms with Gasteiger partial charge >= 0.3 is 0 Å². The molecule has 0 radical (unpaired) electrons. The number of piperidine rings is 1. The van der Waals surface area contributed by atoms with Crippen LogP contribution in [0.25, 0.3) is 0 Å². The summed E-state index contributed by atoms with van der Waals surface area (Å²) in [6, 6.07) is 3.79. The van der Waals surface area contributed by atoms with E-state index in [4.69, 9.17) is 5.73 Å². The van der Waals surface area contributed by atoms with Crippen LogP contribution in [0.1, 0.15) is 23.2 Å². The highest BCUT2D eigenvalue weighted by Crippen LogP contribution is 2.14. The van der Waals surface area contributed by atoms with Crippen LogP contribution in [0.4, 0.5) is 5.82 Å².